The molecule has 0 atom stereocenters. The Balaban J connectivity index is 1.53. The summed E-state index contributed by atoms with van der Waals surface area (Å²) in [6, 6.07) is 22.3. The van der Waals surface area contributed by atoms with Crippen LogP contribution in [0.5, 0.6) is 11.5 Å². The van der Waals surface area contributed by atoms with Gasteiger partial charge < -0.3 is 13.9 Å². The highest BCUT2D eigenvalue weighted by atomic mass is 19.4. The quantitative estimate of drug-likeness (QED) is 0.140. The summed E-state index contributed by atoms with van der Waals surface area (Å²) in [5, 5.41) is 1.10. The highest BCUT2D eigenvalue weighted by Crippen LogP contribution is 2.39. The number of alkyl halides is 3. The van der Waals surface area contributed by atoms with Gasteiger partial charge in [0.05, 0.1) is 18.1 Å². The molecule has 5 rings (SSSR count). The number of methoxy groups -OCH3 is 1. The number of esters is 1. The molecule has 38 heavy (non-hydrogen) atoms. The third-order valence-corrected chi connectivity index (χ3v) is 5.93. The van der Waals surface area contributed by atoms with Crippen LogP contribution in [0.4, 0.5) is 13.2 Å². The summed E-state index contributed by atoms with van der Waals surface area (Å²) >= 11 is 0. The van der Waals surface area contributed by atoms with Crippen LogP contribution in [0.15, 0.2) is 100 Å². The van der Waals surface area contributed by atoms with Crippen molar-refractivity contribution in [2.45, 2.75) is 6.18 Å². The predicted octanol–water partition coefficient (Wildman–Crippen LogP) is 7.26. The van der Waals surface area contributed by atoms with Crippen LogP contribution in [-0.2, 0) is 11.0 Å². The van der Waals surface area contributed by atoms with Gasteiger partial charge in [0.25, 0.3) is 0 Å². The molecule has 0 aliphatic rings. The van der Waals surface area contributed by atoms with Gasteiger partial charge in [-0.25, -0.2) is 4.79 Å². The molecule has 1 heterocycles. The fourth-order valence-electron chi connectivity index (χ4n) is 4.15. The molecule has 0 radical (unpaired) electrons. The first-order valence-corrected chi connectivity index (χ1v) is 11.4. The lowest BCUT2D eigenvalue weighted by molar-refractivity contribution is -0.152. The minimum absolute atomic E-state index is 0.0731. The number of ether oxygens (including phenoxy) is 2. The van der Waals surface area contributed by atoms with E-state index in [0.717, 1.165) is 6.07 Å². The van der Waals surface area contributed by atoms with E-state index in [2.05, 4.69) is 0 Å². The van der Waals surface area contributed by atoms with Crippen LogP contribution in [0.3, 0.4) is 0 Å². The van der Waals surface area contributed by atoms with Crippen LogP contribution in [0.1, 0.15) is 11.3 Å². The van der Waals surface area contributed by atoms with E-state index in [9.17, 15) is 22.8 Å². The van der Waals surface area contributed by atoms with Crippen LogP contribution >= 0.6 is 0 Å². The van der Waals surface area contributed by atoms with E-state index in [1.165, 1.54) is 37.5 Å². The van der Waals surface area contributed by atoms with Crippen molar-refractivity contribution in [3.8, 4) is 22.6 Å². The highest BCUT2D eigenvalue weighted by Gasteiger charge is 2.39. The van der Waals surface area contributed by atoms with E-state index in [0.29, 0.717) is 22.1 Å². The van der Waals surface area contributed by atoms with Crippen LogP contribution in [-0.4, -0.2) is 13.1 Å². The monoisotopic (exact) mass is 516 g/mol. The maximum absolute atomic E-state index is 14.1. The second-order valence-corrected chi connectivity index (χ2v) is 8.35. The smallest absolute Gasteiger partial charge is 0.450 e. The molecule has 0 fully saturated rings. The second-order valence-electron chi connectivity index (χ2n) is 8.35. The molecule has 0 N–H and O–H groups in total. The van der Waals surface area contributed by atoms with E-state index in [-0.39, 0.29) is 22.3 Å². The topological polar surface area (TPSA) is 65.7 Å². The third kappa shape index (κ3) is 4.88. The van der Waals surface area contributed by atoms with Gasteiger partial charge >= 0.3 is 12.1 Å². The predicted molar refractivity (Wildman–Crippen MR) is 138 cm³/mol. The van der Waals surface area contributed by atoms with Crippen LogP contribution in [0.25, 0.3) is 38.9 Å². The molecule has 0 amide bonds. The Morgan fingerprint density at radius 1 is 0.868 bits per heavy atom. The molecule has 0 aliphatic heterocycles. The Bertz CT molecular complexity index is 1740. The number of carbonyl (C=O) groups excluding carboxylic acids is 1. The van der Waals surface area contributed by atoms with E-state index < -0.39 is 28.9 Å². The van der Waals surface area contributed by atoms with Crippen molar-refractivity contribution in [1.29, 1.82) is 0 Å². The second kappa shape index (κ2) is 9.89. The van der Waals surface area contributed by atoms with Crippen LogP contribution < -0.4 is 14.9 Å². The number of hydrogen-bond donors (Lipinski definition) is 0. The van der Waals surface area contributed by atoms with Crippen molar-refractivity contribution in [3.05, 3.63) is 113 Å². The Hall–Kier alpha value is -4.85. The van der Waals surface area contributed by atoms with Gasteiger partial charge in [-0.2, -0.15) is 13.2 Å². The Morgan fingerprint density at radius 3 is 2.32 bits per heavy atom. The SMILES string of the molecule is COc1ccc(/C=C/C(=O)Oc2ccc3c(=O)c(-c4cccc5ccccc45)c(C(F)(F)F)oc3c2)cc1. The molecule has 5 nitrogen and oxygen atoms in total. The first-order valence-electron chi connectivity index (χ1n) is 11.4. The Morgan fingerprint density at radius 2 is 1.58 bits per heavy atom. The lowest BCUT2D eigenvalue weighted by atomic mass is 9.96. The number of halogens is 3. The fraction of sp³-hybridized carbons (Fsp3) is 0.0667. The standard InChI is InChI=1S/C30H19F3O5/c1-36-20-12-9-18(10-13-20)11-16-26(34)37-21-14-15-24-25(17-21)38-29(30(31,32)33)27(28(24)35)23-8-4-6-19-5-2-3-7-22(19)23/h2-17H,1H3/b16-11+. The average molecular weight is 516 g/mol. The minimum Gasteiger partial charge on any atom is -0.497 e. The number of fused-ring (bicyclic) bond motifs is 2. The summed E-state index contributed by atoms with van der Waals surface area (Å²) in [7, 11) is 1.54. The van der Waals surface area contributed by atoms with Gasteiger partial charge in [0.1, 0.15) is 17.1 Å². The van der Waals surface area contributed by atoms with Crippen molar-refractivity contribution in [3.63, 3.8) is 0 Å². The lowest BCUT2D eigenvalue weighted by Gasteiger charge is -2.14. The Kier molecular flexibility index (Phi) is 6.46. The zero-order chi connectivity index (χ0) is 26.9. The third-order valence-electron chi connectivity index (χ3n) is 5.93. The molecule has 190 valence electrons. The summed E-state index contributed by atoms with van der Waals surface area (Å²) in [5.74, 6) is -1.60. The maximum atomic E-state index is 14.1. The van der Waals surface area contributed by atoms with Gasteiger partial charge in [0.15, 0.2) is 0 Å². The summed E-state index contributed by atoms with van der Waals surface area (Å²) in [6.45, 7) is 0. The van der Waals surface area contributed by atoms with Crippen molar-refractivity contribution in [1.82, 2.24) is 0 Å². The highest BCUT2D eigenvalue weighted by molar-refractivity contribution is 5.99. The maximum Gasteiger partial charge on any atom is 0.450 e. The zero-order valence-electron chi connectivity index (χ0n) is 19.9. The van der Waals surface area contributed by atoms with Crippen molar-refractivity contribution in [2.24, 2.45) is 0 Å². The number of benzene rings is 4. The molecular formula is C30H19F3O5. The van der Waals surface area contributed by atoms with Gasteiger partial charge in [-0.3, -0.25) is 4.79 Å². The number of hydrogen-bond acceptors (Lipinski definition) is 5. The zero-order valence-corrected chi connectivity index (χ0v) is 19.9. The average Bonchev–Trinajstić information content (AvgIpc) is 2.91. The summed E-state index contributed by atoms with van der Waals surface area (Å²) in [4.78, 5) is 25.7. The number of rotatable bonds is 5. The summed E-state index contributed by atoms with van der Waals surface area (Å²) in [5.41, 5.74) is -0.940. The van der Waals surface area contributed by atoms with Crippen molar-refractivity contribution >= 4 is 33.8 Å². The molecule has 0 bridgehead atoms. The molecule has 0 spiro atoms. The van der Waals surface area contributed by atoms with E-state index in [1.807, 2.05) is 0 Å². The molecule has 8 heteroatoms. The van der Waals surface area contributed by atoms with Gasteiger partial charge in [-0.15, -0.1) is 0 Å². The molecule has 5 aromatic rings. The van der Waals surface area contributed by atoms with Crippen molar-refractivity contribution < 1.29 is 31.9 Å². The molecule has 0 unspecified atom stereocenters. The van der Waals surface area contributed by atoms with Crippen LogP contribution in [0, 0.1) is 0 Å². The number of carbonyl (C=O) groups is 1. The first kappa shape index (κ1) is 24.8. The Labute approximate surface area is 214 Å². The fourth-order valence-corrected chi connectivity index (χ4v) is 4.15. The van der Waals surface area contributed by atoms with E-state index >= 15 is 0 Å². The molecular weight excluding hydrogens is 497 g/mol. The molecule has 0 aliphatic carbocycles. The summed E-state index contributed by atoms with van der Waals surface area (Å²) in [6.07, 6.45) is -2.26. The van der Waals surface area contributed by atoms with Crippen molar-refractivity contribution in [2.75, 3.05) is 7.11 Å². The van der Waals surface area contributed by atoms with Gasteiger partial charge in [-0.05, 0) is 52.2 Å². The van der Waals surface area contributed by atoms with Gasteiger partial charge in [0.2, 0.25) is 11.2 Å². The largest absolute Gasteiger partial charge is 0.497 e. The normalized spacial score (nSPS) is 11.8. The van der Waals surface area contributed by atoms with Crippen LogP contribution in [0.2, 0.25) is 0 Å². The first-order chi connectivity index (χ1) is 18.2. The van der Waals surface area contributed by atoms with E-state index in [1.54, 1.807) is 60.7 Å². The molecule has 4 aromatic carbocycles. The molecule has 0 saturated heterocycles. The van der Waals surface area contributed by atoms with E-state index in [4.69, 9.17) is 13.9 Å². The lowest BCUT2D eigenvalue weighted by Crippen LogP contribution is -2.16. The molecule has 1 aromatic heterocycles. The van der Waals surface area contributed by atoms with Gasteiger partial charge in [0, 0.05) is 12.1 Å². The van der Waals surface area contributed by atoms with Gasteiger partial charge in [-0.1, -0.05) is 54.6 Å². The molecule has 0 saturated carbocycles. The minimum atomic E-state index is -4.95. The summed E-state index contributed by atoms with van der Waals surface area (Å²) < 4.78 is 58.0.